The maximum Gasteiger partial charge on any atom is 0.214 e. The number of nitrogens with zero attached hydrogens (tertiary/aromatic N) is 2. The van der Waals surface area contributed by atoms with Crippen molar-refractivity contribution in [2.24, 2.45) is 0 Å². The minimum absolute atomic E-state index is 0. The number of hydrogen-bond acceptors (Lipinski definition) is 1. The van der Waals surface area contributed by atoms with Gasteiger partial charge in [0.1, 0.15) is 6.54 Å². The Hall–Kier alpha value is -0.840. The van der Waals surface area contributed by atoms with Crippen molar-refractivity contribution in [2.45, 2.75) is 39.2 Å². The number of halogens is 1. The van der Waals surface area contributed by atoms with Crippen molar-refractivity contribution in [1.29, 1.82) is 0 Å². The van der Waals surface area contributed by atoms with Crippen molar-refractivity contribution in [3.05, 3.63) is 36.5 Å². The summed E-state index contributed by atoms with van der Waals surface area (Å²) in [5, 5.41) is 1.32. The van der Waals surface area contributed by atoms with E-state index in [9.17, 15) is 0 Å². The molecule has 0 radical (unpaired) electrons. The smallest absolute Gasteiger partial charge is 0.214 e. The highest BCUT2D eigenvalue weighted by atomic mass is 127. The first-order chi connectivity index (χ1) is 9.22. The molecule has 2 nitrogen and oxygen atoms in total. The van der Waals surface area contributed by atoms with Crippen LogP contribution in [0.4, 0.5) is 5.69 Å². The first-order valence-electron chi connectivity index (χ1n) is 7.32. The summed E-state index contributed by atoms with van der Waals surface area (Å²) in [5.41, 5.74) is 2.60. The van der Waals surface area contributed by atoms with E-state index in [1.807, 2.05) is 0 Å². The van der Waals surface area contributed by atoms with Crippen molar-refractivity contribution in [3.8, 4) is 0 Å². The van der Waals surface area contributed by atoms with Gasteiger partial charge in [-0.3, -0.25) is 0 Å². The number of hydrogen-bond donors (Lipinski definition) is 0. The van der Waals surface area contributed by atoms with Crippen LogP contribution >= 0.6 is 0 Å². The normalized spacial score (nSPS) is 10.3. The molecule has 0 bridgehead atoms. The summed E-state index contributed by atoms with van der Waals surface area (Å²) in [5.74, 6) is 0. The molecule has 0 unspecified atom stereocenters. The van der Waals surface area contributed by atoms with Crippen LogP contribution in [0, 0.1) is 0 Å². The Morgan fingerprint density at radius 2 is 1.85 bits per heavy atom. The van der Waals surface area contributed by atoms with Gasteiger partial charge in [0, 0.05) is 43.7 Å². The Balaban J connectivity index is 0.00000200. The summed E-state index contributed by atoms with van der Waals surface area (Å²) >= 11 is 0. The monoisotopic (exact) mass is 384 g/mol. The fraction of sp³-hybridized carbons (Fsp3) is 0.471. The maximum atomic E-state index is 2.39. The molecule has 20 heavy (non-hydrogen) atoms. The number of pyridine rings is 1. The highest BCUT2D eigenvalue weighted by Crippen LogP contribution is 2.18. The van der Waals surface area contributed by atoms with Crippen LogP contribution in [0.25, 0.3) is 10.9 Å². The number of rotatable bonds is 6. The average molecular weight is 384 g/mol. The third kappa shape index (κ3) is 4.33. The molecule has 0 aliphatic heterocycles. The van der Waals surface area contributed by atoms with Crippen LogP contribution in [0.1, 0.15) is 32.6 Å². The summed E-state index contributed by atoms with van der Waals surface area (Å²) in [6.07, 6.45) is 7.43. The summed E-state index contributed by atoms with van der Waals surface area (Å²) in [7, 11) is 4.19. The van der Waals surface area contributed by atoms with Crippen LogP contribution < -0.4 is 33.4 Å². The Morgan fingerprint density at radius 1 is 1.05 bits per heavy atom. The van der Waals surface area contributed by atoms with Crippen LogP contribution in [-0.2, 0) is 6.54 Å². The Kier molecular flexibility index (Phi) is 7.27. The first-order valence-corrected chi connectivity index (χ1v) is 7.32. The average Bonchev–Trinajstić information content (AvgIpc) is 2.43. The molecule has 0 aliphatic rings. The van der Waals surface area contributed by atoms with Gasteiger partial charge in [-0.2, -0.15) is 4.57 Å². The second kappa shape index (κ2) is 8.45. The van der Waals surface area contributed by atoms with E-state index >= 15 is 0 Å². The zero-order chi connectivity index (χ0) is 13.7. The maximum absolute atomic E-state index is 2.39. The summed E-state index contributed by atoms with van der Waals surface area (Å²) in [4.78, 5) is 2.16. The molecule has 2 aromatic rings. The van der Waals surface area contributed by atoms with Gasteiger partial charge in [-0.05, 0) is 24.6 Å². The van der Waals surface area contributed by atoms with Crippen molar-refractivity contribution in [2.75, 3.05) is 19.0 Å². The predicted molar refractivity (Wildman–Crippen MR) is 82.6 cm³/mol. The van der Waals surface area contributed by atoms with Crippen LogP contribution in [0.5, 0.6) is 0 Å². The lowest BCUT2D eigenvalue weighted by Crippen LogP contribution is -3.00. The largest absolute Gasteiger partial charge is 1.00 e. The number of anilines is 1. The highest BCUT2D eigenvalue weighted by molar-refractivity contribution is 5.79. The molecule has 0 saturated heterocycles. The van der Waals surface area contributed by atoms with Gasteiger partial charge in [0.15, 0.2) is 6.20 Å². The quantitative estimate of drug-likeness (QED) is 0.406. The van der Waals surface area contributed by atoms with E-state index < -0.39 is 0 Å². The fourth-order valence-corrected chi connectivity index (χ4v) is 2.43. The first kappa shape index (κ1) is 17.2. The summed E-state index contributed by atoms with van der Waals surface area (Å²) < 4.78 is 2.39. The molecule has 0 atom stereocenters. The van der Waals surface area contributed by atoms with Crippen molar-refractivity contribution >= 4 is 16.6 Å². The molecule has 0 spiro atoms. The number of aromatic nitrogens is 1. The van der Waals surface area contributed by atoms with Gasteiger partial charge in [0.05, 0.1) is 0 Å². The zero-order valence-corrected chi connectivity index (χ0v) is 14.9. The topological polar surface area (TPSA) is 7.12 Å². The molecular formula is C17H25IN2. The molecular weight excluding hydrogens is 359 g/mol. The van der Waals surface area contributed by atoms with E-state index in [0.29, 0.717) is 0 Å². The van der Waals surface area contributed by atoms with Gasteiger partial charge in [0.2, 0.25) is 5.52 Å². The number of aryl methyl sites for hydroxylation is 1. The van der Waals surface area contributed by atoms with E-state index in [1.165, 1.54) is 42.3 Å². The van der Waals surface area contributed by atoms with Crippen molar-refractivity contribution in [1.82, 2.24) is 0 Å². The lowest BCUT2D eigenvalue weighted by atomic mass is 10.1. The lowest BCUT2D eigenvalue weighted by molar-refractivity contribution is -0.671. The third-order valence-electron chi connectivity index (χ3n) is 3.63. The molecule has 0 aliphatic carbocycles. The van der Waals surface area contributed by atoms with Gasteiger partial charge >= 0.3 is 0 Å². The minimum Gasteiger partial charge on any atom is -1.00 e. The standard InChI is InChI=1S/C17H25N2.HI/c1-4-5-6-7-12-19-13-8-9-15-10-11-16(18(2)3)14-17(15)19;/h8-11,13-14H,4-7,12H2,1-3H3;1H/q+1;/p-1. The molecule has 1 aromatic carbocycles. The molecule has 0 fully saturated rings. The predicted octanol–water partition coefficient (Wildman–Crippen LogP) is 0.778. The SMILES string of the molecule is CCCCCC[n+]1cccc2ccc(N(C)C)cc21.[I-]. The number of fused-ring (bicyclic) bond motifs is 1. The zero-order valence-electron chi connectivity index (χ0n) is 12.8. The van der Waals surface area contributed by atoms with Gasteiger partial charge in [0.25, 0.3) is 0 Å². The fourth-order valence-electron chi connectivity index (χ4n) is 2.43. The minimum atomic E-state index is 0. The van der Waals surface area contributed by atoms with Gasteiger partial charge in [-0.15, -0.1) is 0 Å². The molecule has 2 rings (SSSR count). The second-order valence-corrected chi connectivity index (χ2v) is 5.40. The molecule has 0 N–H and O–H groups in total. The van der Waals surface area contributed by atoms with Crippen LogP contribution in [-0.4, -0.2) is 14.1 Å². The molecule has 0 saturated carbocycles. The van der Waals surface area contributed by atoms with Crippen LogP contribution in [0.15, 0.2) is 36.5 Å². The van der Waals surface area contributed by atoms with Gasteiger partial charge in [-0.1, -0.05) is 19.8 Å². The Bertz CT molecular complexity index is 538. The van der Waals surface area contributed by atoms with Crippen LogP contribution in [0.3, 0.4) is 0 Å². The van der Waals surface area contributed by atoms with E-state index in [-0.39, 0.29) is 24.0 Å². The van der Waals surface area contributed by atoms with Crippen molar-refractivity contribution < 1.29 is 28.5 Å². The summed E-state index contributed by atoms with van der Waals surface area (Å²) in [6, 6.07) is 11.0. The van der Waals surface area contributed by atoms with E-state index in [4.69, 9.17) is 0 Å². The van der Waals surface area contributed by atoms with E-state index in [1.54, 1.807) is 0 Å². The Morgan fingerprint density at radius 3 is 2.55 bits per heavy atom. The number of unbranched alkanes of at least 4 members (excludes halogenated alkanes) is 3. The second-order valence-electron chi connectivity index (χ2n) is 5.40. The molecule has 3 heteroatoms. The van der Waals surface area contributed by atoms with Gasteiger partial charge < -0.3 is 28.9 Å². The number of benzene rings is 1. The van der Waals surface area contributed by atoms with E-state index in [2.05, 4.69) is 67.0 Å². The third-order valence-corrected chi connectivity index (χ3v) is 3.63. The van der Waals surface area contributed by atoms with E-state index in [0.717, 1.165) is 6.54 Å². The molecule has 0 amide bonds. The lowest BCUT2D eigenvalue weighted by Gasteiger charge is -2.12. The molecule has 1 heterocycles. The molecule has 1 aromatic heterocycles. The van der Waals surface area contributed by atoms with Crippen LogP contribution in [0.2, 0.25) is 0 Å². The summed E-state index contributed by atoms with van der Waals surface area (Å²) in [6.45, 7) is 3.38. The molecule has 110 valence electrons. The van der Waals surface area contributed by atoms with Gasteiger partial charge in [-0.25, -0.2) is 0 Å². The highest BCUT2D eigenvalue weighted by Gasteiger charge is 2.09. The van der Waals surface area contributed by atoms with Crippen molar-refractivity contribution in [3.63, 3.8) is 0 Å². The Labute approximate surface area is 139 Å².